The van der Waals surface area contributed by atoms with E-state index in [1.54, 1.807) is 0 Å². The molecule has 20 heavy (non-hydrogen) atoms. The van der Waals surface area contributed by atoms with Gasteiger partial charge in [0.2, 0.25) is 5.91 Å². The highest BCUT2D eigenvalue weighted by Crippen LogP contribution is 2.14. The number of likely N-dealkylation sites (tertiary alicyclic amines) is 1. The van der Waals surface area contributed by atoms with Crippen molar-refractivity contribution in [2.24, 2.45) is 0 Å². The van der Waals surface area contributed by atoms with Crippen molar-refractivity contribution in [2.45, 2.75) is 19.3 Å². The van der Waals surface area contributed by atoms with Gasteiger partial charge in [-0.25, -0.2) is 4.98 Å². The van der Waals surface area contributed by atoms with Crippen LogP contribution in [0.15, 0.2) is 36.4 Å². The van der Waals surface area contributed by atoms with Crippen LogP contribution in [0.4, 0.5) is 5.82 Å². The van der Waals surface area contributed by atoms with Crippen molar-refractivity contribution in [3.05, 3.63) is 36.4 Å². The van der Waals surface area contributed by atoms with E-state index in [1.807, 2.05) is 41.3 Å². The first-order valence-corrected chi connectivity index (χ1v) is 7.20. The van der Waals surface area contributed by atoms with Crippen molar-refractivity contribution in [2.75, 3.05) is 25.0 Å². The van der Waals surface area contributed by atoms with Gasteiger partial charge >= 0.3 is 0 Å². The third-order valence-corrected chi connectivity index (χ3v) is 3.70. The lowest BCUT2D eigenvalue weighted by molar-refractivity contribution is -0.129. The van der Waals surface area contributed by atoms with Gasteiger partial charge < -0.3 is 10.2 Å². The van der Waals surface area contributed by atoms with Gasteiger partial charge in [0.05, 0.1) is 5.52 Å². The fourth-order valence-corrected chi connectivity index (χ4v) is 2.59. The number of aromatic nitrogens is 1. The molecule has 0 radical (unpaired) electrons. The molecule has 1 aliphatic rings. The van der Waals surface area contributed by atoms with Crippen LogP contribution in [0.2, 0.25) is 0 Å². The fourth-order valence-electron chi connectivity index (χ4n) is 2.59. The molecule has 4 heteroatoms. The molecule has 1 aromatic carbocycles. The topological polar surface area (TPSA) is 45.2 Å². The van der Waals surface area contributed by atoms with E-state index in [0.29, 0.717) is 13.0 Å². The maximum absolute atomic E-state index is 11.9. The van der Waals surface area contributed by atoms with Gasteiger partial charge in [0, 0.05) is 31.4 Å². The Bertz CT molecular complexity index is 605. The molecule has 1 aromatic heterocycles. The van der Waals surface area contributed by atoms with Crippen molar-refractivity contribution < 1.29 is 4.79 Å². The molecular formula is C16H19N3O. The van der Waals surface area contributed by atoms with Gasteiger partial charge in [0.1, 0.15) is 5.82 Å². The van der Waals surface area contributed by atoms with Crippen LogP contribution in [0.25, 0.3) is 10.9 Å². The predicted octanol–water partition coefficient (Wildman–Crippen LogP) is 2.66. The number of rotatable bonds is 4. The normalized spacial score (nSPS) is 14.7. The van der Waals surface area contributed by atoms with Gasteiger partial charge in [0.15, 0.2) is 0 Å². The summed E-state index contributed by atoms with van der Waals surface area (Å²) >= 11 is 0. The third kappa shape index (κ3) is 2.90. The highest BCUT2D eigenvalue weighted by atomic mass is 16.2. The number of hydrogen-bond acceptors (Lipinski definition) is 3. The van der Waals surface area contributed by atoms with Crippen molar-refractivity contribution in [3.63, 3.8) is 0 Å². The van der Waals surface area contributed by atoms with Crippen LogP contribution >= 0.6 is 0 Å². The molecular weight excluding hydrogens is 250 g/mol. The Morgan fingerprint density at radius 1 is 1.15 bits per heavy atom. The Kier molecular flexibility index (Phi) is 3.81. The Labute approximate surface area is 118 Å². The molecule has 4 nitrogen and oxygen atoms in total. The number of hydrogen-bond donors (Lipinski definition) is 1. The van der Waals surface area contributed by atoms with E-state index in [9.17, 15) is 4.79 Å². The minimum atomic E-state index is 0.246. The lowest BCUT2D eigenvalue weighted by atomic mass is 10.2. The van der Waals surface area contributed by atoms with E-state index in [2.05, 4.69) is 10.3 Å². The summed E-state index contributed by atoms with van der Waals surface area (Å²) in [4.78, 5) is 18.4. The standard InChI is InChI=1S/C16H19N3O/c20-16(19-11-3-4-12-19)9-10-17-15-8-7-13-5-1-2-6-14(13)18-15/h1-2,5-8H,3-4,9-12H2,(H,17,18). The Morgan fingerprint density at radius 3 is 2.80 bits per heavy atom. The highest BCUT2D eigenvalue weighted by Gasteiger charge is 2.16. The molecule has 2 aromatic rings. The number of carbonyl (C=O) groups excluding carboxylic acids is 1. The average Bonchev–Trinajstić information content (AvgIpc) is 3.01. The van der Waals surface area contributed by atoms with E-state index >= 15 is 0 Å². The molecule has 1 amide bonds. The van der Waals surface area contributed by atoms with Crippen LogP contribution in [-0.2, 0) is 4.79 Å². The molecule has 1 saturated heterocycles. The summed E-state index contributed by atoms with van der Waals surface area (Å²) in [5.74, 6) is 1.08. The first-order valence-electron chi connectivity index (χ1n) is 7.20. The Hall–Kier alpha value is -2.10. The smallest absolute Gasteiger partial charge is 0.224 e. The summed E-state index contributed by atoms with van der Waals surface area (Å²) in [5.41, 5.74) is 0.975. The van der Waals surface area contributed by atoms with E-state index in [1.165, 1.54) is 0 Å². The lowest BCUT2D eigenvalue weighted by Crippen LogP contribution is -2.29. The molecule has 0 atom stereocenters. The van der Waals surface area contributed by atoms with Gasteiger partial charge in [0.25, 0.3) is 0 Å². The van der Waals surface area contributed by atoms with Crippen LogP contribution in [0.5, 0.6) is 0 Å². The molecule has 1 fully saturated rings. The fraction of sp³-hybridized carbons (Fsp3) is 0.375. The zero-order valence-corrected chi connectivity index (χ0v) is 11.5. The van der Waals surface area contributed by atoms with Gasteiger partial charge in [-0.1, -0.05) is 18.2 Å². The van der Waals surface area contributed by atoms with Crippen molar-refractivity contribution in [1.82, 2.24) is 9.88 Å². The lowest BCUT2D eigenvalue weighted by Gasteiger charge is -2.15. The Morgan fingerprint density at radius 2 is 1.95 bits per heavy atom. The molecule has 2 heterocycles. The van der Waals surface area contributed by atoms with Crippen LogP contribution in [0, 0.1) is 0 Å². The molecule has 104 valence electrons. The number of pyridine rings is 1. The summed E-state index contributed by atoms with van der Waals surface area (Å²) in [6.45, 7) is 2.49. The monoisotopic (exact) mass is 269 g/mol. The number of nitrogens with zero attached hydrogens (tertiary/aromatic N) is 2. The maximum atomic E-state index is 11.9. The second-order valence-corrected chi connectivity index (χ2v) is 5.15. The van der Waals surface area contributed by atoms with E-state index in [4.69, 9.17) is 0 Å². The highest BCUT2D eigenvalue weighted by molar-refractivity contribution is 5.80. The molecule has 1 N–H and O–H groups in total. The van der Waals surface area contributed by atoms with Crippen LogP contribution < -0.4 is 5.32 Å². The van der Waals surface area contributed by atoms with Gasteiger partial charge in [-0.15, -0.1) is 0 Å². The number of nitrogens with one attached hydrogen (secondary N) is 1. The zero-order chi connectivity index (χ0) is 13.8. The summed E-state index contributed by atoms with van der Waals surface area (Å²) in [6, 6.07) is 12.0. The Balaban J connectivity index is 1.55. The van der Waals surface area contributed by atoms with Crippen molar-refractivity contribution >= 4 is 22.6 Å². The minimum absolute atomic E-state index is 0.246. The summed E-state index contributed by atoms with van der Waals surface area (Å²) in [6.07, 6.45) is 2.82. The summed E-state index contributed by atoms with van der Waals surface area (Å²) in [7, 11) is 0. The SMILES string of the molecule is O=C(CCNc1ccc2ccccc2n1)N1CCCC1. The third-order valence-electron chi connectivity index (χ3n) is 3.70. The molecule has 0 aliphatic carbocycles. The zero-order valence-electron chi connectivity index (χ0n) is 11.5. The number of benzene rings is 1. The molecule has 0 bridgehead atoms. The van der Waals surface area contributed by atoms with Gasteiger partial charge in [-0.05, 0) is 31.0 Å². The quantitative estimate of drug-likeness (QED) is 0.928. The number of carbonyl (C=O) groups is 1. The van der Waals surface area contributed by atoms with Gasteiger partial charge in [-0.2, -0.15) is 0 Å². The molecule has 0 spiro atoms. The summed E-state index contributed by atoms with van der Waals surface area (Å²) < 4.78 is 0. The number of fused-ring (bicyclic) bond motifs is 1. The molecule has 1 aliphatic heterocycles. The predicted molar refractivity (Wildman–Crippen MR) is 80.7 cm³/mol. The van der Waals surface area contributed by atoms with E-state index in [0.717, 1.165) is 42.7 Å². The first-order chi connectivity index (χ1) is 9.83. The van der Waals surface area contributed by atoms with Crippen LogP contribution in [0.3, 0.4) is 0 Å². The van der Waals surface area contributed by atoms with Crippen molar-refractivity contribution in [3.8, 4) is 0 Å². The van der Waals surface area contributed by atoms with Crippen LogP contribution in [0.1, 0.15) is 19.3 Å². The summed E-state index contributed by atoms with van der Waals surface area (Å²) in [5, 5.41) is 4.36. The van der Waals surface area contributed by atoms with E-state index < -0.39 is 0 Å². The van der Waals surface area contributed by atoms with E-state index in [-0.39, 0.29) is 5.91 Å². The number of anilines is 1. The maximum Gasteiger partial charge on any atom is 0.224 e. The first kappa shape index (κ1) is 12.9. The average molecular weight is 269 g/mol. The second-order valence-electron chi connectivity index (χ2n) is 5.15. The molecule has 0 saturated carbocycles. The second kappa shape index (κ2) is 5.90. The molecule has 0 unspecified atom stereocenters. The largest absolute Gasteiger partial charge is 0.370 e. The number of para-hydroxylation sites is 1. The molecule has 3 rings (SSSR count). The van der Waals surface area contributed by atoms with Gasteiger partial charge in [-0.3, -0.25) is 4.79 Å². The van der Waals surface area contributed by atoms with Crippen molar-refractivity contribution in [1.29, 1.82) is 0 Å². The minimum Gasteiger partial charge on any atom is -0.370 e. The van der Waals surface area contributed by atoms with Crippen LogP contribution in [-0.4, -0.2) is 35.4 Å². The number of amides is 1.